The zero-order valence-electron chi connectivity index (χ0n) is 14.4. The number of hydroxylamine groups is 2. The summed E-state index contributed by atoms with van der Waals surface area (Å²) in [6.07, 6.45) is 3.53. The first-order chi connectivity index (χ1) is 10.4. The number of nitrogens with zero attached hydrogens (tertiary/aromatic N) is 1. The minimum atomic E-state index is -0.0265. The molecule has 0 saturated carbocycles. The third-order valence-corrected chi connectivity index (χ3v) is 4.55. The van der Waals surface area contributed by atoms with Crippen LogP contribution in [0.5, 0.6) is 0 Å². The van der Waals surface area contributed by atoms with Crippen molar-refractivity contribution in [3.63, 3.8) is 0 Å². The maximum atomic E-state index is 6.53. The van der Waals surface area contributed by atoms with Crippen molar-refractivity contribution < 1.29 is 4.84 Å². The number of nitrogens with two attached hydrogens (primary N) is 1. The number of hydrogen-bond acceptors (Lipinski definition) is 4. The molecule has 3 N–H and O–H groups in total. The summed E-state index contributed by atoms with van der Waals surface area (Å²) < 4.78 is 0. The lowest BCUT2D eigenvalue weighted by atomic mass is 9.82. The van der Waals surface area contributed by atoms with Crippen LogP contribution in [-0.4, -0.2) is 29.4 Å². The molecule has 0 amide bonds. The number of hydrogen-bond donors (Lipinski definition) is 2. The van der Waals surface area contributed by atoms with Gasteiger partial charge in [-0.15, -0.1) is 0 Å². The first-order valence-electron chi connectivity index (χ1n) is 8.30. The van der Waals surface area contributed by atoms with Crippen LogP contribution in [-0.2, 0) is 4.84 Å². The molecule has 1 aliphatic rings. The molecule has 2 rings (SSSR count). The van der Waals surface area contributed by atoms with Crippen LogP contribution in [0.3, 0.4) is 0 Å². The van der Waals surface area contributed by atoms with Gasteiger partial charge in [0.1, 0.15) is 6.10 Å². The first kappa shape index (κ1) is 17.4. The highest BCUT2D eigenvalue weighted by atomic mass is 16.7. The molecule has 124 valence electrons. The van der Waals surface area contributed by atoms with Crippen molar-refractivity contribution in [2.75, 3.05) is 13.2 Å². The summed E-state index contributed by atoms with van der Waals surface area (Å²) >= 11 is 0. The van der Waals surface area contributed by atoms with Crippen LogP contribution in [0, 0.1) is 0 Å². The van der Waals surface area contributed by atoms with E-state index in [-0.39, 0.29) is 17.2 Å². The Bertz CT molecular complexity index is 443. The van der Waals surface area contributed by atoms with Crippen molar-refractivity contribution in [1.82, 2.24) is 10.4 Å². The van der Waals surface area contributed by atoms with Crippen LogP contribution in [0.4, 0.5) is 0 Å². The van der Waals surface area contributed by atoms with Crippen LogP contribution in [0.25, 0.3) is 0 Å². The van der Waals surface area contributed by atoms with Gasteiger partial charge >= 0.3 is 0 Å². The van der Waals surface area contributed by atoms with Gasteiger partial charge in [0.2, 0.25) is 0 Å². The van der Waals surface area contributed by atoms with Gasteiger partial charge in [-0.05, 0) is 52.5 Å². The fraction of sp³-hybridized carbons (Fsp3) is 0.667. The second-order valence-corrected chi connectivity index (χ2v) is 7.44. The summed E-state index contributed by atoms with van der Waals surface area (Å²) in [4.78, 5) is 6.53. The fourth-order valence-corrected chi connectivity index (χ4v) is 3.49. The van der Waals surface area contributed by atoms with Gasteiger partial charge in [0.05, 0.1) is 0 Å². The summed E-state index contributed by atoms with van der Waals surface area (Å²) in [5, 5.41) is 5.44. The molecule has 1 saturated heterocycles. The molecular formula is C18H31N3O. The molecule has 0 radical (unpaired) electrons. The van der Waals surface area contributed by atoms with E-state index < -0.39 is 0 Å². The smallest absolute Gasteiger partial charge is 0.117 e. The minimum Gasteiger partial charge on any atom is -0.318 e. The van der Waals surface area contributed by atoms with E-state index in [0.29, 0.717) is 13.2 Å². The summed E-state index contributed by atoms with van der Waals surface area (Å²) in [7, 11) is 0. The molecule has 1 unspecified atom stereocenters. The second-order valence-electron chi connectivity index (χ2n) is 7.44. The lowest BCUT2D eigenvalue weighted by molar-refractivity contribution is -0.306. The molecule has 0 bridgehead atoms. The lowest BCUT2D eigenvalue weighted by Crippen LogP contribution is -2.58. The van der Waals surface area contributed by atoms with Gasteiger partial charge < -0.3 is 11.1 Å². The normalized spacial score (nSPS) is 22.4. The lowest BCUT2D eigenvalue weighted by Gasteiger charge is -2.52. The van der Waals surface area contributed by atoms with E-state index in [0.717, 1.165) is 12.8 Å². The average Bonchev–Trinajstić information content (AvgIpc) is 2.46. The van der Waals surface area contributed by atoms with Crippen molar-refractivity contribution in [3.05, 3.63) is 35.9 Å². The summed E-state index contributed by atoms with van der Waals surface area (Å²) in [6.45, 7) is 10.2. The van der Waals surface area contributed by atoms with Crippen molar-refractivity contribution in [1.29, 1.82) is 0 Å². The van der Waals surface area contributed by atoms with Crippen LogP contribution < -0.4 is 11.1 Å². The Morgan fingerprint density at radius 3 is 2.27 bits per heavy atom. The molecule has 22 heavy (non-hydrogen) atoms. The van der Waals surface area contributed by atoms with E-state index in [9.17, 15) is 0 Å². The molecule has 4 heteroatoms. The minimum absolute atomic E-state index is 0.0265. The number of benzene rings is 1. The van der Waals surface area contributed by atoms with E-state index in [1.165, 1.54) is 12.0 Å². The van der Waals surface area contributed by atoms with Crippen LogP contribution in [0.15, 0.2) is 30.3 Å². The zero-order chi connectivity index (χ0) is 16.2. The van der Waals surface area contributed by atoms with Crippen molar-refractivity contribution in [2.45, 2.75) is 64.1 Å². The molecule has 1 aromatic carbocycles. The Morgan fingerprint density at radius 2 is 1.73 bits per heavy atom. The third kappa shape index (κ3) is 4.07. The molecule has 1 fully saturated rings. The SMILES string of the molecule is CC1(C)CCCC(C)(C)N1OC(CNCN)c1ccccc1. The van der Waals surface area contributed by atoms with Crippen molar-refractivity contribution in [3.8, 4) is 0 Å². The standard InChI is InChI=1S/C18H31N3O/c1-17(2)11-8-12-18(3,4)21(17)22-16(13-20-14-19)15-9-6-5-7-10-15/h5-7,9-10,16,20H,8,11-14,19H2,1-4H3. The molecule has 1 aromatic rings. The highest BCUT2D eigenvalue weighted by Crippen LogP contribution is 2.40. The fourth-order valence-electron chi connectivity index (χ4n) is 3.49. The average molecular weight is 305 g/mol. The van der Waals surface area contributed by atoms with Crippen LogP contribution in [0.2, 0.25) is 0 Å². The number of piperidine rings is 1. The summed E-state index contributed by atoms with van der Waals surface area (Å²) in [5.41, 5.74) is 6.87. The Balaban J connectivity index is 2.21. The molecule has 0 aliphatic carbocycles. The van der Waals surface area contributed by atoms with Gasteiger partial charge in [-0.2, -0.15) is 5.06 Å². The molecule has 0 aromatic heterocycles. The summed E-state index contributed by atoms with van der Waals surface area (Å²) in [5.74, 6) is 0. The highest BCUT2D eigenvalue weighted by molar-refractivity contribution is 5.18. The van der Waals surface area contributed by atoms with Gasteiger partial charge in [-0.25, -0.2) is 0 Å². The van der Waals surface area contributed by atoms with E-state index in [1.54, 1.807) is 0 Å². The molecule has 1 aliphatic heterocycles. The molecule has 4 nitrogen and oxygen atoms in total. The molecule has 1 atom stereocenters. The topological polar surface area (TPSA) is 50.5 Å². The van der Waals surface area contributed by atoms with E-state index in [2.05, 4.69) is 62.3 Å². The monoisotopic (exact) mass is 305 g/mol. The van der Waals surface area contributed by atoms with Gasteiger partial charge in [0.25, 0.3) is 0 Å². The summed E-state index contributed by atoms with van der Waals surface area (Å²) in [6, 6.07) is 10.4. The maximum Gasteiger partial charge on any atom is 0.117 e. The van der Waals surface area contributed by atoms with Crippen molar-refractivity contribution in [2.24, 2.45) is 5.73 Å². The largest absolute Gasteiger partial charge is 0.318 e. The van der Waals surface area contributed by atoms with E-state index >= 15 is 0 Å². The maximum absolute atomic E-state index is 6.53. The number of rotatable bonds is 6. The van der Waals surface area contributed by atoms with Crippen LogP contribution >= 0.6 is 0 Å². The van der Waals surface area contributed by atoms with Crippen LogP contribution in [0.1, 0.15) is 58.6 Å². The number of nitrogens with one attached hydrogen (secondary N) is 1. The van der Waals surface area contributed by atoms with Gasteiger partial charge in [-0.3, -0.25) is 4.84 Å². The van der Waals surface area contributed by atoms with Gasteiger partial charge in [0, 0.05) is 24.3 Å². The molecule has 1 heterocycles. The zero-order valence-corrected chi connectivity index (χ0v) is 14.4. The predicted octanol–water partition coefficient (Wildman–Crippen LogP) is 3.21. The Labute approximate surface area is 135 Å². The van der Waals surface area contributed by atoms with E-state index in [1.807, 2.05) is 6.07 Å². The molecular weight excluding hydrogens is 274 g/mol. The Hall–Kier alpha value is -0.940. The van der Waals surface area contributed by atoms with E-state index in [4.69, 9.17) is 10.6 Å². The van der Waals surface area contributed by atoms with Gasteiger partial charge in [0.15, 0.2) is 0 Å². The highest BCUT2D eigenvalue weighted by Gasteiger charge is 2.43. The quantitative estimate of drug-likeness (QED) is 0.792. The second kappa shape index (κ2) is 7.09. The first-order valence-corrected chi connectivity index (χ1v) is 8.30. The third-order valence-electron chi connectivity index (χ3n) is 4.55. The molecule has 0 spiro atoms. The Kier molecular flexibility index (Phi) is 5.61. The van der Waals surface area contributed by atoms with Gasteiger partial charge in [-0.1, -0.05) is 30.3 Å². The van der Waals surface area contributed by atoms with Crippen molar-refractivity contribution >= 4 is 0 Å². The predicted molar refractivity (Wildman–Crippen MR) is 91.2 cm³/mol. The Morgan fingerprint density at radius 1 is 1.14 bits per heavy atom.